The molecule has 6 nitrogen and oxygen atoms in total. The fraction of sp³-hybridized carbons (Fsp3) is 0.407. The molecule has 1 fully saturated rings. The maximum absolute atomic E-state index is 14.5. The van der Waals surface area contributed by atoms with Gasteiger partial charge in [0.05, 0.1) is 11.2 Å². The third-order valence-electron chi connectivity index (χ3n) is 6.33. The summed E-state index contributed by atoms with van der Waals surface area (Å²) in [5.74, 6) is -1.89. The molecule has 0 bridgehead atoms. The van der Waals surface area contributed by atoms with E-state index in [4.69, 9.17) is 4.74 Å². The lowest BCUT2D eigenvalue weighted by molar-refractivity contribution is -0.123. The molecular weight excluding hydrogens is 471 g/mol. The topological polar surface area (TPSA) is 83.2 Å². The van der Waals surface area contributed by atoms with E-state index in [0.29, 0.717) is 36.0 Å². The van der Waals surface area contributed by atoms with Gasteiger partial charge in [0.2, 0.25) is 5.91 Å². The molecule has 3 aromatic rings. The van der Waals surface area contributed by atoms with Crippen molar-refractivity contribution < 1.29 is 27.5 Å². The van der Waals surface area contributed by atoms with Gasteiger partial charge >= 0.3 is 6.09 Å². The fourth-order valence-electron chi connectivity index (χ4n) is 4.59. The summed E-state index contributed by atoms with van der Waals surface area (Å²) in [6, 6.07) is 7.25. The SMILES string of the molecule is C[C@H](NC(=O)OC(C)(C)C)C(=O)NC[C@H]1C[C@H](c2c(-c3ccc(F)cc3)[nH]c3c(F)cc(F)cc32)C1. The van der Waals surface area contributed by atoms with Gasteiger partial charge in [-0.2, -0.15) is 0 Å². The summed E-state index contributed by atoms with van der Waals surface area (Å²) in [5, 5.41) is 5.83. The molecule has 3 N–H and O–H groups in total. The van der Waals surface area contributed by atoms with Crippen LogP contribution >= 0.6 is 0 Å². The third kappa shape index (κ3) is 5.66. The summed E-state index contributed by atoms with van der Waals surface area (Å²) in [6.07, 6.45) is 0.738. The van der Waals surface area contributed by atoms with Crippen LogP contribution in [0.15, 0.2) is 36.4 Å². The number of carbonyl (C=O) groups excluding carboxylic acids is 2. The van der Waals surface area contributed by atoms with Crippen molar-refractivity contribution in [1.82, 2.24) is 15.6 Å². The quantitative estimate of drug-likeness (QED) is 0.401. The predicted molar refractivity (Wildman–Crippen MR) is 131 cm³/mol. The van der Waals surface area contributed by atoms with Crippen LogP contribution in [0.4, 0.5) is 18.0 Å². The van der Waals surface area contributed by atoms with Gasteiger partial charge in [-0.05, 0) is 93.8 Å². The Hall–Kier alpha value is -3.49. The maximum Gasteiger partial charge on any atom is 0.408 e. The fourth-order valence-corrected chi connectivity index (χ4v) is 4.59. The Bertz CT molecular complexity index is 1280. The maximum atomic E-state index is 14.5. The van der Waals surface area contributed by atoms with Crippen molar-refractivity contribution >= 4 is 22.9 Å². The lowest BCUT2D eigenvalue weighted by Crippen LogP contribution is -2.48. The molecule has 0 unspecified atom stereocenters. The van der Waals surface area contributed by atoms with Crippen molar-refractivity contribution in [2.75, 3.05) is 6.54 Å². The molecule has 0 spiro atoms. The van der Waals surface area contributed by atoms with E-state index in [1.165, 1.54) is 18.2 Å². The zero-order chi connectivity index (χ0) is 26.2. The summed E-state index contributed by atoms with van der Waals surface area (Å²) in [5.41, 5.74) is 1.66. The van der Waals surface area contributed by atoms with Crippen molar-refractivity contribution in [3.05, 3.63) is 59.4 Å². The summed E-state index contributed by atoms with van der Waals surface area (Å²) in [6.45, 7) is 7.20. The van der Waals surface area contributed by atoms with E-state index in [1.54, 1.807) is 39.8 Å². The van der Waals surface area contributed by atoms with Crippen molar-refractivity contribution in [2.24, 2.45) is 5.92 Å². The van der Waals surface area contributed by atoms with Gasteiger partial charge in [-0.25, -0.2) is 18.0 Å². The first-order valence-electron chi connectivity index (χ1n) is 11.9. The lowest BCUT2D eigenvalue weighted by Gasteiger charge is -2.36. The summed E-state index contributed by atoms with van der Waals surface area (Å²) >= 11 is 0. The average Bonchev–Trinajstić information content (AvgIpc) is 3.11. The largest absolute Gasteiger partial charge is 0.444 e. The van der Waals surface area contributed by atoms with Gasteiger partial charge in [0, 0.05) is 18.0 Å². The van der Waals surface area contributed by atoms with Crippen LogP contribution in [0.2, 0.25) is 0 Å². The number of alkyl carbamates (subject to hydrolysis) is 1. The van der Waals surface area contributed by atoms with Gasteiger partial charge in [0.1, 0.15) is 29.1 Å². The minimum absolute atomic E-state index is 0.0132. The number of carbonyl (C=O) groups is 2. The molecule has 2 amide bonds. The molecule has 1 saturated carbocycles. The minimum Gasteiger partial charge on any atom is -0.444 e. The van der Waals surface area contributed by atoms with Gasteiger partial charge in [0.25, 0.3) is 0 Å². The standard InChI is InChI=1S/C27H30F3N3O3/c1-14(32-26(35)36-27(2,3)4)25(34)31-13-15-9-17(10-15)22-20-11-19(29)12-21(30)24(20)33-23(22)16-5-7-18(28)8-6-16/h5-8,11-12,14-15,17,33H,9-10,13H2,1-4H3,(H,31,34)(H,32,35)/t14-,15-,17-/m0/s1. The molecule has 1 aliphatic carbocycles. The number of amides is 2. The van der Waals surface area contributed by atoms with E-state index in [2.05, 4.69) is 15.6 Å². The molecule has 9 heteroatoms. The number of hydrogen-bond acceptors (Lipinski definition) is 3. The number of nitrogens with one attached hydrogen (secondary N) is 3. The number of aromatic nitrogens is 1. The zero-order valence-corrected chi connectivity index (χ0v) is 20.7. The van der Waals surface area contributed by atoms with E-state index >= 15 is 0 Å². The zero-order valence-electron chi connectivity index (χ0n) is 20.7. The van der Waals surface area contributed by atoms with Crippen molar-refractivity contribution in [2.45, 2.75) is 58.1 Å². The molecule has 192 valence electrons. The number of aromatic amines is 1. The number of halogens is 3. The molecule has 36 heavy (non-hydrogen) atoms. The molecule has 0 radical (unpaired) electrons. The van der Waals surface area contributed by atoms with Crippen LogP contribution in [0.5, 0.6) is 0 Å². The first kappa shape index (κ1) is 25.6. The molecule has 1 aromatic heterocycles. The van der Waals surface area contributed by atoms with Gasteiger partial charge in [0.15, 0.2) is 0 Å². The van der Waals surface area contributed by atoms with E-state index in [1.807, 2.05) is 0 Å². The summed E-state index contributed by atoms with van der Waals surface area (Å²) in [4.78, 5) is 27.4. The Morgan fingerprint density at radius 3 is 2.39 bits per heavy atom. The number of benzene rings is 2. The van der Waals surface area contributed by atoms with Crippen LogP contribution in [-0.4, -0.2) is 35.2 Å². The molecule has 1 heterocycles. The first-order chi connectivity index (χ1) is 16.9. The van der Waals surface area contributed by atoms with Crippen molar-refractivity contribution in [1.29, 1.82) is 0 Å². The number of H-pyrrole nitrogens is 1. The van der Waals surface area contributed by atoms with E-state index in [0.717, 1.165) is 11.6 Å². The molecule has 2 aromatic carbocycles. The summed E-state index contributed by atoms with van der Waals surface area (Å²) in [7, 11) is 0. The Labute approximate surface area is 207 Å². The number of ether oxygens (including phenoxy) is 1. The van der Waals surface area contributed by atoms with Crippen molar-refractivity contribution in [3.8, 4) is 11.3 Å². The molecule has 4 rings (SSSR count). The van der Waals surface area contributed by atoms with Gasteiger partial charge in [-0.3, -0.25) is 4.79 Å². The molecule has 0 saturated heterocycles. The second kappa shape index (κ2) is 9.87. The van der Waals surface area contributed by atoms with Gasteiger partial charge in [-0.1, -0.05) is 0 Å². The average molecular weight is 502 g/mol. The Kier molecular flexibility index (Phi) is 7.02. The van der Waals surface area contributed by atoms with E-state index in [-0.39, 0.29) is 29.1 Å². The Morgan fingerprint density at radius 2 is 1.75 bits per heavy atom. The van der Waals surface area contributed by atoms with Crippen LogP contribution in [0, 0.1) is 23.4 Å². The van der Waals surface area contributed by atoms with Crippen LogP contribution in [0.1, 0.15) is 52.0 Å². The summed E-state index contributed by atoms with van der Waals surface area (Å²) < 4.78 is 47.3. The first-order valence-corrected chi connectivity index (χ1v) is 11.9. The highest BCUT2D eigenvalue weighted by molar-refractivity contribution is 5.92. The lowest BCUT2D eigenvalue weighted by atomic mass is 9.70. The normalized spacial score (nSPS) is 18.4. The second-order valence-corrected chi connectivity index (χ2v) is 10.4. The molecule has 1 atom stereocenters. The molecular formula is C27H30F3N3O3. The van der Waals surface area contributed by atoms with Crippen LogP contribution in [-0.2, 0) is 9.53 Å². The van der Waals surface area contributed by atoms with Crippen molar-refractivity contribution in [3.63, 3.8) is 0 Å². The molecule has 0 aliphatic heterocycles. The monoisotopic (exact) mass is 501 g/mol. The number of hydrogen-bond donors (Lipinski definition) is 3. The molecule has 1 aliphatic rings. The smallest absolute Gasteiger partial charge is 0.408 e. The van der Waals surface area contributed by atoms with Gasteiger partial charge < -0.3 is 20.4 Å². The van der Waals surface area contributed by atoms with Crippen LogP contribution < -0.4 is 10.6 Å². The Balaban J connectivity index is 1.43. The highest BCUT2D eigenvalue weighted by Gasteiger charge is 2.35. The van der Waals surface area contributed by atoms with Crippen LogP contribution in [0.3, 0.4) is 0 Å². The highest BCUT2D eigenvalue weighted by Crippen LogP contribution is 2.48. The Morgan fingerprint density at radius 1 is 1.08 bits per heavy atom. The van der Waals surface area contributed by atoms with E-state index < -0.39 is 29.4 Å². The third-order valence-corrected chi connectivity index (χ3v) is 6.33. The minimum atomic E-state index is -0.764. The second-order valence-electron chi connectivity index (χ2n) is 10.4. The van der Waals surface area contributed by atoms with Gasteiger partial charge in [-0.15, -0.1) is 0 Å². The number of fused-ring (bicyclic) bond motifs is 1. The predicted octanol–water partition coefficient (Wildman–Crippen LogP) is 5.78. The number of rotatable bonds is 6. The van der Waals surface area contributed by atoms with E-state index in [9.17, 15) is 22.8 Å². The highest BCUT2D eigenvalue weighted by atomic mass is 19.1. The van der Waals surface area contributed by atoms with Crippen LogP contribution in [0.25, 0.3) is 22.2 Å².